The number of ether oxygens (including phenoxy) is 2. The molecule has 0 unspecified atom stereocenters. The lowest BCUT2D eigenvalue weighted by molar-refractivity contribution is 0.207. The molecule has 0 atom stereocenters. The van der Waals surface area contributed by atoms with Gasteiger partial charge in [0, 0.05) is 20.7 Å². The molecule has 0 amide bonds. The van der Waals surface area contributed by atoms with Crippen LogP contribution < -0.4 is 16.0 Å². The van der Waals surface area contributed by atoms with E-state index in [1.165, 1.54) is 0 Å². The van der Waals surface area contributed by atoms with Gasteiger partial charge in [0.25, 0.3) is 0 Å². The minimum atomic E-state index is 0.571. The van der Waals surface area contributed by atoms with Crippen LogP contribution in [0.25, 0.3) is 0 Å². The van der Waals surface area contributed by atoms with Crippen LogP contribution in [0.5, 0.6) is 5.75 Å². The summed E-state index contributed by atoms with van der Waals surface area (Å²) in [6.45, 7) is 1.85. The van der Waals surface area contributed by atoms with Crippen LogP contribution in [0.4, 0.5) is 0 Å². The molecule has 0 saturated carbocycles. The van der Waals surface area contributed by atoms with Crippen molar-refractivity contribution < 1.29 is 9.47 Å². The van der Waals surface area contributed by atoms with E-state index in [1.54, 1.807) is 14.2 Å². The Hall–Kier alpha value is -1.79. The number of hydrogen-bond donors (Lipinski definition) is 2. The number of guanidine groups is 1. The van der Waals surface area contributed by atoms with Crippen molar-refractivity contribution in [2.45, 2.75) is 6.54 Å². The third-order valence-corrected chi connectivity index (χ3v) is 2.63. The van der Waals surface area contributed by atoms with Crippen LogP contribution in [0.2, 0.25) is 0 Å². The molecule has 19 heavy (non-hydrogen) atoms. The first kappa shape index (κ1) is 15.3. The van der Waals surface area contributed by atoms with Crippen molar-refractivity contribution in [1.82, 2.24) is 10.3 Å². The molecule has 3 N–H and O–H groups in total. The molecule has 0 heterocycles. The Balaban J connectivity index is 2.59. The molecule has 0 radical (unpaired) electrons. The first-order valence-corrected chi connectivity index (χ1v) is 6.05. The second kappa shape index (κ2) is 8.34. The molecule has 0 spiro atoms. The molecule has 0 saturated heterocycles. The molecule has 0 aliphatic carbocycles. The Bertz CT molecular complexity index is 392. The molecule has 106 valence electrons. The normalized spacial score (nSPS) is 11.3. The molecule has 6 heteroatoms. The summed E-state index contributed by atoms with van der Waals surface area (Å²) in [5, 5.41) is 0. The van der Waals surface area contributed by atoms with E-state index in [9.17, 15) is 0 Å². The summed E-state index contributed by atoms with van der Waals surface area (Å²) in [5.74, 6) is 6.95. The molecule has 0 aliphatic rings. The topological polar surface area (TPSA) is 72.1 Å². The second-order valence-corrected chi connectivity index (χ2v) is 4.05. The van der Waals surface area contributed by atoms with E-state index in [0.29, 0.717) is 25.7 Å². The third kappa shape index (κ3) is 5.15. The molecule has 0 aliphatic heterocycles. The predicted molar refractivity (Wildman–Crippen MR) is 76.0 cm³/mol. The highest BCUT2D eigenvalue weighted by Crippen LogP contribution is 2.12. The molecule has 1 aromatic carbocycles. The van der Waals surface area contributed by atoms with Crippen LogP contribution >= 0.6 is 0 Å². The van der Waals surface area contributed by atoms with Crippen LogP contribution in [0, 0.1) is 0 Å². The Kier molecular flexibility index (Phi) is 6.70. The predicted octanol–water partition coefficient (Wildman–Crippen LogP) is 0.593. The molecule has 1 aromatic rings. The van der Waals surface area contributed by atoms with Gasteiger partial charge in [-0.1, -0.05) is 12.1 Å². The summed E-state index contributed by atoms with van der Waals surface area (Å²) in [6, 6.07) is 7.89. The van der Waals surface area contributed by atoms with Crippen molar-refractivity contribution in [2.75, 3.05) is 34.4 Å². The van der Waals surface area contributed by atoms with Crippen LogP contribution in [-0.4, -0.2) is 45.3 Å². The van der Waals surface area contributed by atoms with Gasteiger partial charge in [0.1, 0.15) is 5.75 Å². The summed E-state index contributed by atoms with van der Waals surface area (Å²) in [7, 11) is 5.22. The number of benzene rings is 1. The summed E-state index contributed by atoms with van der Waals surface area (Å²) in [6.07, 6.45) is 0. The van der Waals surface area contributed by atoms with Gasteiger partial charge in [0.2, 0.25) is 5.96 Å². The maximum absolute atomic E-state index is 5.47. The smallest absolute Gasteiger partial charge is 0.208 e. The van der Waals surface area contributed by atoms with Gasteiger partial charge in [-0.05, 0) is 17.7 Å². The average molecular weight is 266 g/mol. The largest absolute Gasteiger partial charge is 0.497 e. The minimum Gasteiger partial charge on any atom is -0.497 e. The van der Waals surface area contributed by atoms with Gasteiger partial charge in [-0.15, -0.1) is 0 Å². The number of methoxy groups -OCH3 is 2. The standard InChI is InChI=1S/C13H22N4O2/c1-17(13(16-14)15-8-9-18-2)10-11-4-6-12(19-3)7-5-11/h4-7H,8-10,14H2,1-3H3,(H,15,16). The summed E-state index contributed by atoms with van der Waals surface area (Å²) in [4.78, 5) is 6.26. The van der Waals surface area contributed by atoms with E-state index in [0.717, 1.165) is 11.3 Å². The van der Waals surface area contributed by atoms with Gasteiger partial charge < -0.3 is 14.4 Å². The average Bonchev–Trinajstić information content (AvgIpc) is 2.44. The van der Waals surface area contributed by atoms with Crippen molar-refractivity contribution in [3.63, 3.8) is 0 Å². The lowest BCUT2D eigenvalue weighted by atomic mass is 10.2. The van der Waals surface area contributed by atoms with Crippen LogP contribution in [-0.2, 0) is 11.3 Å². The molecule has 6 nitrogen and oxygen atoms in total. The lowest BCUT2D eigenvalue weighted by Crippen LogP contribution is -2.42. The monoisotopic (exact) mass is 266 g/mol. The molecular weight excluding hydrogens is 244 g/mol. The first-order valence-electron chi connectivity index (χ1n) is 6.05. The second-order valence-electron chi connectivity index (χ2n) is 4.05. The number of nitrogens with zero attached hydrogens (tertiary/aromatic N) is 2. The van der Waals surface area contributed by atoms with E-state index in [4.69, 9.17) is 15.3 Å². The van der Waals surface area contributed by atoms with Crippen LogP contribution in [0.1, 0.15) is 5.56 Å². The molecule has 0 fully saturated rings. The number of nitrogens with two attached hydrogens (primary N) is 1. The SMILES string of the molecule is COCCN=C(NN)N(C)Cc1ccc(OC)cc1. The van der Waals surface area contributed by atoms with Crippen LogP contribution in [0.15, 0.2) is 29.3 Å². The highest BCUT2D eigenvalue weighted by Gasteiger charge is 2.05. The number of nitrogens with one attached hydrogen (secondary N) is 1. The Morgan fingerprint density at radius 2 is 2.00 bits per heavy atom. The minimum absolute atomic E-state index is 0.571. The number of hydrazine groups is 1. The Labute approximate surface area is 114 Å². The van der Waals surface area contributed by atoms with Crippen LogP contribution in [0.3, 0.4) is 0 Å². The van der Waals surface area contributed by atoms with Crippen molar-refractivity contribution >= 4 is 5.96 Å². The quantitative estimate of drug-likeness (QED) is 0.259. The van der Waals surface area contributed by atoms with Gasteiger partial charge in [0.15, 0.2) is 0 Å². The first-order chi connectivity index (χ1) is 9.21. The van der Waals surface area contributed by atoms with Crippen molar-refractivity contribution in [2.24, 2.45) is 10.8 Å². The van der Waals surface area contributed by atoms with Crippen molar-refractivity contribution in [3.05, 3.63) is 29.8 Å². The van der Waals surface area contributed by atoms with E-state index < -0.39 is 0 Å². The van der Waals surface area contributed by atoms with Gasteiger partial charge >= 0.3 is 0 Å². The number of hydrogen-bond acceptors (Lipinski definition) is 4. The highest BCUT2D eigenvalue weighted by molar-refractivity contribution is 5.79. The third-order valence-electron chi connectivity index (χ3n) is 2.63. The van der Waals surface area contributed by atoms with E-state index in [2.05, 4.69) is 10.4 Å². The van der Waals surface area contributed by atoms with Gasteiger partial charge in [-0.2, -0.15) is 0 Å². The zero-order valence-electron chi connectivity index (χ0n) is 11.7. The van der Waals surface area contributed by atoms with E-state index in [-0.39, 0.29) is 0 Å². The maximum atomic E-state index is 5.47. The lowest BCUT2D eigenvalue weighted by Gasteiger charge is -2.20. The van der Waals surface area contributed by atoms with E-state index in [1.807, 2.05) is 36.2 Å². The molecular formula is C13H22N4O2. The van der Waals surface area contributed by atoms with Crippen molar-refractivity contribution in [3.8, 4) is 5.75 Å². The molecule has 0 bridgehead atoms. The maximum Gasteiger partial charge on any atom is 0.208 e. The number of rotatable bonds is 6. The molecule has 0 aromatic heterocycles. The molecule has 1 rings (SSSR count). The summed E-state index contributed by atoms with van der Waals surface area (Å²) < 4.78 is 10.1. The fourth-order valence-electron chi connectivity index (χ4n) is 1.60. The summed E-state index contributed by atoms with van der Waals surface area (Å²) in [5.41, 5.74) is 3.75. The fourth-order valence-corrected chi connectivity index (χ4v) is 1.60. The van der Waals surface area contributed by atoms with Crippen molar-refractivity contribution in [1.29, 1.82) is 0 Å². The Morgan fingerprint density at radius 3 is 2.53 bits per heavy atom. The van der Waals surface area contributed by atoms with Gasteiger partial charge in [0.05, 0.1) is 20.3 Å². The Morgan fingerprint density at radius 1 is 1.32 bits per heavy atom. The zero-order chi connectivity index (χ0) is 14.1. The highest BCUT2D eigenvalue weighted by atomic mass is 16.5. The fraction of sp³-hybridized carbons (Fsp3) is 0.462. The van der Waals surface area contributed by atoms with E-state index >= 15 is 0 Å². The zero-order valence-corrected chi connectivity index (χ0v) is 11.7. The van der Waals surface area contributed by atoms with Gasteiger partial charge in [-0.25, -0.2) is 10.8 Å². The number of aliphatic imine (C=N–C) groups is 1. The van der Waals surface area contributed by atoms with Gasteiger partial charge in [-0.3, -0.25) is 5.43 Å². The summed E-state index contributed by atoms with van der Waals surface area (Å²) >= 11 is 0.